The van der Waals surface area contributed by atoms with Crippen LogP contribution in [0.1, 0.15) is 17.0 Å². The fourth-order valence-corrected chi connectivity index (χ4v) is 2.91. The molecule has 1 heterocycles. The molecule has 124 valence electrons. The maximum atomic E-state index is 10.6. The van der Waals surface area contributed by atoms with Gasteiger partial charge in [-0.2, -0.15) is 0 Å². The fourth-order valence-electron chi connectivity index (χ4n) is 2.91. The van der Waals surface area contributed by atoms with Crippen LogP contribution in [-0.4, -0.2) is 22.6 Å². The number of aromatic nitrogens is 2. The number of amides is 1. The highest BCUT2D eigenvalue weighted by atomic mass is 16.5. The number of nitrogens with one attached hydrogen (secondary N) is 1. The second-order valence-corrected chi connectivity index (χ2v) is 5.74. The second kappa shape index (κ2) is 7.17. The van der Waals surface area contributed by atoms with Crippen molar-refractivity contribution in [3.8, 4) is 5.75 Å². The van der Waals surface area contributed by atoms with Crippen LogP contribution >= 0.6 is 0 Å². The number of carbonyl (C=O) groups excluding carboxylic acids is 1. The minimum atomic E-state index is 0.404. The minimum absolute atomic E-state index is 0.404. The summed E-state index contributed by atoms with van der Waals surface area (Å²) in [6.45, 7) is 5.72. The molecule has 0 saturated heterocycles. The van der Waals surface area contributed by atoms with Crippen LogP contribution in [0, 0.1) is 13.8 Å². The van der Waals surface area contributed by atoms with Crippen LogP contribution in [-0.2, 0) is 17.9 Å². The summed E-state index contributed by atoms with van der Waals surface area (Å²) in [7, 11) is 0. The summed E-state index contributed by atoms with van der Waals surface area (Å²) >= 11 is 0. The highest BCUT2D eigenvalue weighted by molar-refractivity contribution is 5.75. The van der Waals surface area contributed by atoms with Crippen molar-refractivity contribution in [1.29, 1.82) is 0 Å². The number of aryl methyl sites for hydroxylation is 2. The van der Waals surface area contributed by atoms with Crippen LogP contribution in [0.15, 0.2) is 42.5 Å². The molecular weight excluding hydrogens is 302 g/mol. The molecule has 5 heteroatoms. The van der Waals surface area contributed by atoms with Crippen molar-refractivity contribution in [3.05, 3.63) is 59.4 Å². The largest absolute Gasteiger partial charge is 0.491 e. The first kappa shape index (κ1) is 16.1. The first-order chi connectivity index (χ1) is 11.7. The summed E-state index contributed by atoms with van der Waals surface area (Å²) < 4.78 is 8.11. The van der Waals surface area contributed by atoms with E-state index in [4.69, 9.17) is 4.74 Å². The van der Waals surface area contributed by atoms with Gasteiger partial charge in [-0.05, 0) is 37.1 Å². The Kier molecular flexibility index (Phi) is 4.79. The summed E-state index contributed by atoms with van der Waals surface area (Å²) in [5.41, 5.74) is 4.24. The van der Waals surface area contributed by atoms with Crippen molar-refractivity contribution < 1.29 is 9.53 Å². The van der Waals surface area contributed by atoms with Crippen LogP contribution in [0.2, 0.25) is 0 Å². The van der Waals surface area contributed by atoms with E-state index in [0.717, 1.165) is 33.7 Å². The van der Waals surface area contributed by atoms with E-state index in [2.05, 4.69) is 14.9 Å². The number of imidazole rings is 1. The molecule has 0 spiro atoms. The molecule has 0 unspecified atom stereocenters. The lowest BCUT2D eigenvalue weighted by atomic mass is 10.1. The third kappa shape index (κ3) is 3.25. The molecule has 0 saturated carbocycles. The third-order valence-electron chi connectivity index (χ3n) is 4.05. The Labute approximate surface area is 141 Å². The van der Waals surface area contributed by atoms with Crippen molar-refractivity contribution >= 4 is 17.4 Å². The zero-order valence-electron chi connectivity index (χ0n) is 14.0. The smallest absolute Gasteiger partial charge is 0.207 e. The first-order valence-electron chi connectivity index (χ1n) is 8.01. The van der Waals surface area contributed by atoms with Crippen molar-refractivity contribution in [3.63, 3.8) is 0 Å². The number of para-hydroxylation sites is 3. The molecule has 2 aromatic carbocycles. The lowest BCUT2D eigenvalue weighted by Crippen LogP contribution is -2.17. The molecule has 0 aliphatic carbocycles. The molecule has 0 aliphatic rings. The molecule has 1 amide bonds. The summed E-state index contributed by atoms with van der Waals surface area (Å²) in [5.74, 6) is 1.77. The fraction of sp³-hybridized carbons (Fsp3) is 0.263. The monoisotopic (exact) mass is 323 g/mol. The molecule has 3 rings (SSSR count). The zero-order chi connectivity index (χ0) is 16.9. The number of hydrogen-bond acceptors (Lipinski definition) is 3. The van der Waals surface area contributed by atoms with E-state index < -0.39 is 0 Å². The maximum Gasteiger partial charge on any atom is 0.207 e. The molecule has 0 aliphatic heterocycles. The van der Waals surface area contributed by atoms with Gasteiger partial charge in [0.15, 0.2) is 0 Å². The Hall–Kier alpha value is -2.82. The topological polar surface area (TPSA) is 56.1 Å². The lowest BCUT2D eigenvalue weighted by Gasteiger charge is -2.14. The summed E-state index contributed by atoms with van der Waals surface area (Å²) in [6.07, 6.45) is 0.691. The predicted octanol–water partition coefficient (Wildman–Crippen LogP) is 2.98. The molecule has 0 bridgehead atoms. The van der Waals surface area contributed by atoms with Crippen LogP contribution in [0.3, 0.4) is 0 Å². The normalized spacial score (nSPS) is 10.8. The van der Waals surface area contributed by atoms with Gasteiger partial charge in [0.1, 0.15) is 18.2 Å². The van der Waals surface area contributed by atoms with Crippen molar-refractivity contribution in [2.45, 2.75) is 26.9 Å². The van der Waals surface area contributed by atoms with Crippen LogP contribution in [0.25, 0.3) is 11.0 Å². The van der Waals surface area contributed by atoms with Gasteiger partial charge < -0.3 is 14.6 Å². The van der Waals surface area contributed by atoms with E-state index in [1.165, 1.54) is 0 Å². The van der Waals surface area contributed by atoms with Crippen LogP contribution < -0.4 is 10.1 Å². The van der Waals surface area contributed by atoms with Gasteiger partial charge >= 0.3 is 0 Å². The molecular formula is C19H21N3O2. The summed E-state index contributed by atoms with van der Waals surface area (Å²) in [4.78, 5) is 15.2. The highest BCUT2D eigenvalue weighted by Gasteiger charge is 2.10. The predicted molar refractivity (Wildman–Crippen MR) is 94.0 cm³/mol. The van der Waals surface area contributed by atoms with Crippen molar-refractivity contribution in [2.24, 2.45) is 0 Å². The van der Waals surface area contributed by atoms with E-state index >= 15 is 0 Å². The van der Waals surface area contributed by atoms with Gasteiger partial charge in [-0.3, -0.25) is 4.79 Å². The molecule has 1 N–H and O–H groups in total. The average molecular weight is 323 g/mol. The van der Waals surface area contributed by atoms with Gasteiger partial charge in [-0.15, -0.1) is 0 Å². The van der Waals surface area contributed by atoms with Gasteiger partial charge in [-0.1, -0.05) is 30.3 Å². The number of ether oxygens (including phenoxy) is 1. The Morgan fingerprint density at radius 3 is 2.62 bits per heavy atom. The summed E-state index contributed by atoms with van der Waals surface area (Å²) in [5, 5.41) is 2.69. The Bertz CT molecular complexity index is 835. The minimum Gasteiger partial charge on any atom is -0.491 e. The second-order valence-electron chi connectivity index (χ2n) is 5.74. The molecule has 0 radical (unpaired) electrons. The van der Waals surface area contributed by atoms with Gasteiger partial charge in [-0.25, -0.2) is 4.98 Å². The standard InChI is InChI=1S/C19H21N3O2/c1-14-6-5-7-15(2)19(14)24-11-10-22-17-9-4-3-8-16(17)21-18(22)12-20-13-23/h3-9,13H,10-12H2,1-2H3,(H,20,23). The van der Waals surface area contributed by atoms with E-state index in [0.29, 0.717) is 26.1 Å². The summed E-state index contributed by atoms with van der Waals surface area (Å²) in [6, 6.07) is 14.1. The van der Waals surface area contributed by atoms with Crippen molar-refractivity contribution in [1.82, 2.24) is 14.9 Å². The first-order valence-corrected chi connectivity index (χ1v) is 8.01. The highest BCUT2D eigenvalue weighted by Crippen LogP contribution is 2.22. The molecule has 1 aromatic heterocycles. The van der Waals surface area contributed by atoms with Crippen LogP contribution in [0.4, 0.5) is 0 Å². The SMILES string of the molecule is Cc1cccc(C)c1OCCn1c(CNC=O)nc2ccccc21. The third-order valence-corrected chi connectivity index (χ3v) is 4.05. The number of hydrogen-bond donors (Lipinski definition) is 1. The van der Waals surface area contributed by atoms with Gasteiger partial charge in [0.2, 0.25) is 6.41 Å². The van der Waals surface area contributed by atoms with Gasteiger partial charge in [0.05, 0.1) is 24.1 Å². The molecule has 24 heavy (non-hydrogen) atoms. The van der Waals surface area contributed by atoms with E-state index in [1.807, 2.05) is 56.3 Å². The number of nitrogens with zero attached hydrogens (tertiary/aromatic N) is 2. The number of carbonyl (C=O) groups is 1. The van der Waals surface area contributed by atoms with Crippen molar-refractivity contribution in [2.75, 3.05) is 6.61 Å². The van der Waals surface area contributed by atoms with Crippen LogP contribution in [0.5, 0.6) is 5.75 Å². The van der Waals surface area contributed by atoms with E-state index in [9.17, 15) is 4.79 Å². The van der Waals surface area contributed by atoms with Gasteiger partial charge in [0, 0.05) is 0 Å². The van der Waals surface area contributed by atoms with E-state index in [-0.39, 0.29) is 0 Å². The number of benzene rings is 2. The van der Waals surface area contributed by atoms with E-state index in [1.54, 1.807) is 0 Å². The lowest BCUT2D eigenvalue weighted by molar-refractivity contribution is -0.109. The number of rotatable bonds is 7. The molecule has 3 aromatic rings. The zero-order valence-corrected chi connectivity index (χ0v) is 14.0. The molecule has 0 atom stereocenters. The Balaban J connectivity index is 1.80. The molecule has 0 fully saturated rings. The quantitative estimate of drug-likeness (QED) is 0.680. The Morgan fingerprint density at radius 2 is 1.88 bits per heavy atom. The Morgan fingerprint density at radius 1 is 1.12 bits per heavy atom. The maximum absolute atomic E-state index is 10.6. The average Bonchev–Trinajstić information content (AvgIpc) is 2.93. The molecule has 5 nitrogen and oxygen atoms in total. The number of fused-ring (bicyclic) bond motifs is 1. The van der Waals surface area contributed by atoms with Gasteiger partial charge in [0.25, 0.3) is 0 Å².